The third-order valence-corrected chi connectivity index (χ3v) is 3.07. The van der Waals surface area contributed by atoms with E-state index in [1.54, 1.807) is 20.8 Å². The first-order chi connectivity index (χ1) is 9.15. The van der Waals surface area contributed by atoms with Crippen LogP contribution in [0.3, 0.4) is 0 Å². The molecule has 0 fully saturated rings. The molecule has 1 aliphatic rings. The van der Waals surface area contributed by atoms with Crippen molar-refractivity contribution >= 4 is 11.9 Å². The van der Waals surface area contributed by atoms with Gasteiger partial charge in [-0.25, -0.2) is 14.4 Å². The number of aromatic nitrogens is 1. The summed E-state index contributed by atoms with van der Waals surface area (Å²) in [6.07, 6.45) is 0. The van der Waals surface area contributed by atoms with Crippen molar-refractivity contribution in [1.82, 2.24) is 10.3 Å². The summed E-state index contributed by atoms with van der Waals surface area (Å²) in [5.41, 5.74) is 8.93. The van der Waals surface area contributed by atoms with E-state index in [0.717, 1.165) is 12.1 Å². The Bertz CT molecular complexity index is 604. The predicted octanol–water partition coefficient (Wildman–Crippen LogP) is 0.791. The fourth-order valence-corrected chi connectivity index (χ4v) is 2.06. The third-order valence-electron chi connectivity index (χ3n) is 3.07. The maximum atomic E-state index is 14.1. The van der Waals surface area contributed by atoms with Gasteiger partial charge in [-0.1, -0.05) is 20.8 Å². The molecule has 0 aromatic carbocycles. The summed E-state index contributed by atoms with van der Waals surface area (Å²) in [6.45, 7) is 5.34. The summed E-state index contributed by atoms with van der Waals surface area (Å²) in [6, 6.07) is 1.92. The number of pyridine rings is 1. The molecule has 0 spiro atoms. The second-order valence-corrected chi connectivity index (χ2v) is 5.52. The van der Waals surface area contributed by atoms with Crippen LogP contribution >= 0.6 is 0 Å². The van der Waals surface area contributed by atoms with E-state index in [2.05, 4.69) is 20.3 Å². The van der Waals surface area contributed by atoms with E-state index in [1.165, 1.54) is 0 Å². The Labute approximate surface area is 115 Å². The minimum absolute atomic E-state index is 0.0297. The number of rotatable bonds is 1. The highest BCUT2D eigenvalue weighted by Crippen LogP contribution is 2.41. The molecular formula is C12H16F2N6. The fraction of sp³-hybridized carbons (Fsp3) is 0.417. The summed E-state index contributed by atoms with van der Waals surface area (Å²) in [5.74, 6) is -1.68. The first-order valence-corrected chi connectivity index (χ1v) is 5.96. The Morgan fingerprint density at radius 2 is 1.85 bits per heavy atom. The van der Waals surface area contributed by atoms with E-state index in [-0.39, 0.29) is 17.6 Å². The van der Waals surface area contributed by atoms with Crippen LogP contribution in [0.15, 0.2) is 22.1 Å². The first-order valence-electron chi connectivity index (χ1n) is 5.96. The molecule has 0 aliphatic carbocycles. The third kappa shape index (κ3) is 2.17. The number of nitrogens with one attached hydrogen (secondary N) is 1. The molecule has 108 valence electrons. The highest BCUT2D eigenvalue weighted by atomic mass is 19.1. The minimum atomic E-state index is -1.44. The number of guanidine groups is 2. The normalized spacial score (nSPS) is 22.9. The Hall–Kier alpha value is -2.25. The first kappa shape index (κ1) is 14.2. The molecule has 1 aromatic rings. The van der Waals surface area contributed by atoms with Crippen molar-refractivity contribution in [3.8, 4) is 0 Å². The molecule has 2 rings (SSSR count). The molecule has 1 aromatic heterocycles. The van der Waals surface area contributed by atoms with Crippen molar-refractivity contribution in [2.24, 2.45) is 26.9 Å². The summed E-state index contributed by atoms with van der Waals surface area (Å²) in [4.78, 5) is 11.5. The summed E-state index contributed by atoms with van der Waals surface area (Å²) < 4.78 is 27.5. The fourth-order valence-electron chi connectivity index (χ4n) is 2.06. The topological polar surface area (TPSA) is 102 Å². The molecule has 0 bridgehead atoms. The van der Waals surface area contributed by atoms with Gasteiger partial charge in [0.15, 0.2) is 11.6 Å². The lowest BCUT2D eigenvalue weighted by Crippen LogP contribution is -2.59. The van der Waals surface area contributed by atoms with Crippen molar-refractivity contribution in [2.75, 3.05) is 0 Å². The van der Waals surface area contributed by atoms with Crippen LogP contribution in [0.2, 0.25) is 0 Å². The highest BCUT2D eigenvalue weighted by Gasteiger charge is 2.49. The standard InChI is InChI=1S/C12H16F2N6/c1-11(2,3)12(19-9(15)18-10(16)20-12)8-6(13)4-5-7(14)17-8/h4-5H,1-3H3,(H5,15,16,18,19,20). The molecule has 0 radical (unpaired) electrons. The average Bonchev–Trinajstić information content (AvgIpc) is 2.29. The zero-order chi connectivity index (χ0) is 15.1. The van der Waals surface area contributed by atoms with E-state index in [1.807, 2.05) is 0 Å². The van der Waals surface area contributed by atoms with Gasteiger partial charge >= 0.3 is 0 Å². The van der Waals surface area contributed by atoms with Crippen LogP contribution in [0, 0.1) is 17.2 Å². The molecular weight excluding hydrogens is 266 g/mol. The lowest BCUT2D eigenvalue weighted by Gasteiger charge is -2.43. The van der Waals surface area contributed by atoms with Gasteiger partial charge in [0.1, 0.15) is 11.5 Å². The van der Waals surface area contributed by atoms with Crippen LogP contribution in [0.1, 0.15) is 26.5 Å². The summed E-state index contributed by atoms with van der Waals surface area (Å²) in [5, 5.41) is 2.78. The van der Waals surface area contributed by atoms with Crippen LogP contribution in [-0.4, -0.2) is 16.9 Å². The molecule has 0 saturated carbocycles. The maximum absolute atomic E-state index is 14.1. The van der Waals surface area contributed by atoms with E-state index >= 15 is 0 Å². The number of hydrogen-bond donors (Lipinski definition) is 3. The van der Waals surface area contributed by atoms with Gasteiger partial charge in [-0.05, 0) is 12.1 Å². The van der Waals surface area contributed by atoms with Gasteiger partial charge < -0.3 is 16.8 Å². The molecule has 1 atom stereocenters. The van der Waals surface area contributed by atoms with Crippen LogP contribution < -0.4 is 16.8 Å². The predicted molar refractivity (Wildman–Crippen MR) is 71.7 cm³/mol. The second kappa shape index (κ2) is 4.39. The zero-order valence-corrected chi connectivity index (χ0v) is 11.4. The monoisotopic (exact) mass is 282 g/mol. The van der Waals surface area contributed by atoms with Gasteiger partial charge in [-0.3, -0.25) is 0 Å². The molecule has 2 heterocycles. The van der Waals surface area contributed by atoms with Gasteiger partial charge in [-0.15, -0.1) is 0 Å². The molecule has 1 aliphatic heterocycles. The lowest BCUT2D eigenvalue weighted by molar-refractivity contribution is 0.156. The second-order valence-electron chi connectivity index (χ2n) is 5.52. The van der Waals surface area contributed by atoms with Crippen LogP contribution in [0.5, 0.6) is 0 Å². The van der Waals surface area contributed by atoms with E-state index in [0.29, 0.717) is 0 Å². The zero-order valence-electron chi connectivity index (χ0n) is 11.4. The quantitative estimate of drug-likeness (QED) is 0.663. The molecule has 6 nitrogen and oxygen atoms in total. The molecule has 0 amide bonds. The Balaban J connectivity index is 2.73. The number of nitrogens with two attached hydrogens (primary N) is 2. The number of halogens is 2. The summed E-state index contributed by atoms with van der Waals surface area (Å²) in [7, 11) is 0. The Kier molecular flexibility index (Phi) is 3.11. The highest BCUT2D eigenvalue weighted by molar-refractivity contribution is 5.96. The number of nitrogens with zero attached hydrogens (tertiary/aromatic N) is 3. The van der Waals surface area contributed by atoms with Gasteiger partial charge in [0, 0.05) is 5.41 Å². The van der Waals surface area contributed by atoms with Gasteiger partial charge in [0.25, 0.3) is 0 Å². The Morgan fingerprint density at radius 1 is 1.20 bits per heavy atom. The van der Waals surface area contributed by atoms with Crippen LogP contribution in [0.4, 0.5) is 8.78 Å². The summed E-state index contributed by atoms with van der Waals surface area (Å²) >= 11 is 0. The van der Waals surface area contributed by atoms with Crippen molar-refractivity contribution in [3.05, 3.63) is 29.6 Å². The largest absolute Gasteiger partial charge is 0.370 e. The van der Waals surface area contributed by atoms with Crippen LogP contribution in [-0.2, 0) is 5.66 Å². The van der Waals surface area contributed by atoms with Crippen LogP contribution in [0.25, 0.3) is 0 Å². The van der Waals surface area contributed by atoms with Crippen molar-refractivity contribution in [1.29, 1.82) is 0 Å². The van der Waals surface area contributed by atoms with Gasteiger partial charge in [0.05, 0.1) is 0 Å². The molecule has 0 saturated heterocycles. The molecule has 20 heavy (non-hydrogen) atoms. The van der Waals surface area contributed by atoms with E-state index in [4.69, 9.17) is 11.5 Å². The van der Waals surface area contributed by atoms with Crippen molar-refractivity contribution in [2.45, 2.75) is 26.4 Å². The van der Waals surface area contributed by atoms with Gasteiger partial charge in [-0.2, -0.15) is 9.38 Å². The minimum Gasteiger partial charge on any atom is -0.370 e. The Morgan fingerprint density at radius 3 is 2.40 bits per heavy atom. The maximum Gasteiger partial charge on any atom is 0.221 e. The molecule has 8 heteroatoms. The smallest absolute Gasteiger partial charge is 0.221 e. The SMILES string of the molecule is CC(C)(C)C1(c2nc(F)ccc2F)N=C(N)N=C(N)N1. The van der Waals surface area contributed by atoms with E-state index < -0.39 is 22.8 Å². The van der Waals surface area contributed by atoms with Gasteiger partial charge in [0.2, 0.25) is 11.9 Å². The number of aliphatic imine (C=N–C) groups is 2. The molecule has 1 unspecified atom stereocenters. The van der Waals surface area contributed by atoms with E-state index in [9.17, 15) is 8.78 Å². The number of hydrogen-bond acceptors (Lipinski definition) is 6. The average molecular weight is 282 g/mol. The molecule has 5 N–H and O–H groups in total. The van der Waals surface area contributed by atoms with Crippen molar-refractivity contribution < 1.29 is 8.78 Å². The van der Waals surface area contributed by atoms with Crippen molar-refractivity contribution in [3.63, 3.8) is 0 Å². The lowest BCUT2D eigenvalue weighted by atomic mass is 9.77.